The van der Waals surface area contributed by atoms with Gasteiger partial charge in [0.2, 0.25) is 17.7 Å². The number of fused-ring (bicyclic) bond motifs is 1. The van der Waals surface area contributed by atoms with Crippen molar-refractivity contribution in [2.24, 2.45) is 22.2 Å². The normalized spacial score (nSPS) is 15.6. The molecule has 0 bridgehead atoms. The Labute approximate surface area is 230 Å². The molecular formula is C25H38N8O7. The molecule has 6 atom stereocenters. The zero-order valence-corrected chi connectivity index (χ0v) is 22.3. The van der Waals surface area contributed by atoms with Gasteiger partial charge in [0.25, 0.3) is 0 Å². The number of nitrogens with two attached hydrogens (primary N) is 3. The highest BCUT2D eigenvalue weighted by molar-refractivity contribution is 5.94. The van der Waals surface area contributed by atoms with Crippen molar-refractivity contribution in [3.8, 4) is 0 Å². The molecule has 0 saturated heterocycles. The molecular weight excluding hydrogens is 524 g/mol. The summed E-state index contributed by atoms with van der Waals surface area (Å²) in [6, 6.07) is 2.01. The van der Waals surface area contributed by atoms with Crippen LogP contribution in [0.25, 0.3) is 10.9 Å². The van der Waals surface area contributed by atoms with E-state index in [2.05, 4.69) is 25.9 Å². The van der Waals surface area contributed by atoms with Crippen molar-refractivity contribution in [2.45, 2.75) is 69.5 Å². The first-order valence-corrected chi connectivity index (χ1v) is 12.7. The maximum Gasteiger partial charge on any atom is 0.328 e. The van der Waals surface area contributed by atoms with Crippen LogP contribution in [0.5, 0.6) is 0 Å². The number of guanidine groups is 1. The Morgan fingerprint density at radius 3 is 2.17 bits per heavy atom. The van der Waals surface area contributed by atoms with Crippen LogP contribution in [0.15, 0.2) is 35.5 Å². The van der Waals surface area contributed by atoms with Gasteiger partial charge in [-0.3, -0.25) is 19.4 Å². The topological polar surface area (TPSA) is 271 Å². The van der Waals surface area contributed by atoms with E-state index in [9.17, 15) is 34.5 Å². The van der Waals surface area contributed by atoms with Crippen molar-refractivity contribution in [2.75, 3.05) is 6.54 Å². The minimum absolute atomic E-state index is 0.0493. The van der Waals surface area contributed by atoms with Gasteiger partial charge in [-0.05, 0) is 44.7 Å². The molecule has 6 unspecified atom stereocenters. The van der Waals surface area contributed by atoms with E-state index in [0.717, 1.165) is 23.4 Å². The van der Waals surface area contributed by atoms with Crippen molar-refractivity contribution >= 4 is 40.6 Å². The minimum Gasteiger partial charge on any atom is -0.480 e. The molecule has 1 heterocycles. The SMILES string of the molecule is CC(O)C(NC(=O)C(NC(=O)C(CCCN=C(N)N)NC(=O)C(N)Cc1c[nH]c2ccccc12)C(C)O)C(=O)O. The number of carbonyl (C=O) groups is 4. The lowest BCUT2D eigenvalue weighted by Gasteiger charge is -2.27. The highest BCUT2D eigenvalue weighted by Crippen LogP contribution is 2.19. The number of aromatic amines is 1. The van der Waals surface area contributed by atoms with Crippen LogP contribution < -0.4 is 33.2 Å². The smallest absolute Gasteiger partial charge is 0.328 e. The number of carbonyl (C=O) groups excluding carboxylic acids is 3. The van der Waals surface area contributed by atoms with Gasteiger partial charge in [0.05, 0.1) is 18.2 Å². The number of hydrogen-bond acceptors (Lipinski definition) is 8. The average Bonchev–Trinajstić information content (AvgIpc) is 3.29. The molecule has 220 valence electrons. The molecule has 2 aromatic rings. The fourth-order valence-electron chi connectivity index (χ4n) is 3.97. The first-order valence-electron chi connectivity index (χ1n) is 12.7. The Balaban J connectivity index is 2.16. The van der Waals surface area contributed by atoms with Crippen molar-refractivity contribution in [3.05, 3.63) is 36.0 Å². The van der Waals surface area contributed by atoms with Crippen LogP contribution in [0.1, 0.15) is 32.3 Å². The number of benzene rings is 1. The second-order valence-corrected chi connectivity index (χ2v) is 9.47. The van der Waals surface area contributed by atoms with Gasteiger partial charge >= 0.3 is 5.97 Å². The largest absolute Gasteiger partial charge is 0.480 e. The molecule has 3 amide bonds. The highest BCUT2D eigenvalue weighted by atomic mass is 16.4. The molecule has 0 radical (unpaired) electrons. The maximum absolute atomic E-state index is 13.2. The van der Waals surface area contributed by atoms with Gasteiger partial charge in [0.1, 0.15) is 12.1 Å². The third kappa shape index (κ3) is 9.21. The number of rotatable bonds is 15. The molecule has 15 nitrogen and oxygen atoms in total. The van der Waals surface area contributed by atoms with Crippen LogP contribution in [-0.2, 0) is 25.6 Å². The van der Waals surface area contributed by atoms with Gasteiger partial charge in [-0.2, -0.15) is 0 Å². The van der Waals surface area contributed by atoms with Crippen molar-refractivity contribution in [1.82, 2.24) is 20.9 Å². The third-order valence-electron chi connectivity index (χ3n) is 6.14. The van der Waals surface area contributed by atoms with Gasteiger partial charge < -0.3 is 53.5 Å². The summed E-state index contributed by atoms with van der Waals surface area (Å²) in [6.07, 6.45) is -0.661. The van der Waals surface area contributed by atoms with E-state index >= 15 is 0 Å². The highest BCUT2D eigenvalue weighted by Gasteiger charge is 2.34. The second kappa shape index (κ2) is 14.8. The number of aliphatic carboxylic acids is 1. The zero-order valence-electron chi connectivity index (χ0n) is 22.3. The third-order valence-corrected chi connectivity index (χ3v) is 6.14. The summed E-state index contributed by atoms with van der Waals surface area (Å²) < 4.78 is 0. The first-order chi connectivity index (χ1) is 18.8. The molecule has 13 N–H and O–H groups in total. The molecule has 0 aliphatic carbocycles. The van der Waals surface area contributed by atoms with Crippen molar-refractivity contribution < 1.29 is 34.5 Å². The Morgan fingerprint density at radius 1 is 0.950 bits per heavy atom. The fourth-order valence-corrected chi connectivity index (χ4v) is 3.97. The number of aliphatic imine (C=N–C) groups is 1. The van der Waals surface area contributed by atoms with Crippen LogP contribution >= 0.6 is 0 Å². The monoisotopic (exact) mass is 562 g/mol. The molecule has 0 saturated carbocycles. The molecule has 2 rings (SSSR count). The Kier molecular flexibility index (Phi) is 11.8. The van der Waals surface area contributed by atoms with E-state index < -0.39 is 60.1 Å². The molecule has 0 spiro atoms. The standard InChI is InChI=1S/C25H38N8O7/c1-12(34)19(23(38)33-20(13(2)35)24(39)40)32-22(37)18(8-5-9-29-25(27)28)31-21(36)16(26)10-14-11-30-17-7-4-3-6-15(14)17/h3-4,6-7,11-13,16,18-20,30,34-35H,5,8-10,26H2,1-2H3,(H,31,36)(H,32,37)(H,33,38)(H,39,40)(H4,27,28,29). The summed E-state index contributed by atoms with van der Waals surface area (Å²) in [4.78, 5) is 57.2. The molecule has 0 fully saturated rings. The zero-order chi connectivity index (χ0) is 30.0. The van der Waals surface area contributed by atoms with Crippen LogP contribution in [0.2, 0.25) is 0 Å². The van der Waals surface area contributed by atoms with E-state index in [1.54, 1.807) is 6.20 Å². The number of aromatic nitrogens is 1. The number of para-hydroxylation sites is 1. The number of H-pyrrole nitrogens is 1. The number of nitrogens with one attached hydrogen (secondary N) is 4. The van der Waals surface area contributed by atoms with E-state index in [0.29, 0.717) is 0 Å². The minimum atomic E-state index is -1.68. The second-order valence-electron chi connectivity index (χ2n) is 9.47. The van der Waals surface area contributed by atoms with E-state index in [1.165, 1.54) is 6.92 Å². The summed E-state index contributed by atoms with van der Waals surface area (Å²) in [5.74, 6) is -4.17. The van der Waals surface area contributed by atoms with Crippen molar-refractivity contribution in [3.63, 3.8) is 0 Å². The number of aliphatic hydroxyl groups is 2. The number of hydrogen-bond donors (Lipinski definition) is 10. The van der Waals surface area contributed by atoms with Gasteiger partial charge in [-0.25, -0.2) is 4.79 Å². The lowest BCUT2D eigenvalue weighted by molar-refractivity contribution is -0.146. The number of aliphatic hydroxyl groups excluding tert-OH is 2. The predicted molar refractivity (Wildman–Crippen MR) is 147 cm³/mol. The number of carboxylic acid groups (broad SMARTS) is 1. The molecule has 0 aliphatic rings. The Morgan fingerprint density at radius 2 is 1.57 bits per heavy atom. The average molecular weight is 563 g/mol. The van der Waals surface area contributed by atoms with Crippen LogP contribution in [0.3, 0.4) is 0 Å². The first kappa shape index (κ1) is 32.0. The van der Waals surface area contributed by atoms with Crippen LogP contribution in [-0.4, -0.2) is 92.9 Å². The quantitative estimate of drug-likeness (QED) is 0.0613. The Hall–Kier alpha value is -4.21. The molecule has 1 aromatic heterocycles. The van der Waals surface area contributed by atoms with Gasteiger partial charge in [0.15, 0.2) is 12.0 Å². The summed E-state index contributed by atoms with van der Waals surface area (Å²) >= 11 is 0. The molecule has 15 heteroatoms. The molecule has 0 aliphatic heterocycles. The summed E-state index contributed by atoms with van der Waals surface area (Å²) in [7, 11) is 0. The Bertz CT molecular complexity index is 1210. The maximum atomic E-state index is 13.2. The lowest BCUT2D eigenvalue weighted by Crippen LogP contribution is -2.61. The van der Waals surface area contributed by atoms with E-state index in [1.807, 2.05) is 24.3 Å². The lowest BCUT2D eigenvalue weighted by atomic mass is 10.0. The predicted octanol–water partition coefficient (Wildman–Crippen LogP) is -2.61. The van der Waals surface area contributed by atoms with Crippen LogP contribution in [0, 0.1) is 0 Å². The molecule has 40 heavy (non-hydrogen) atoms. The van der Waals surface area contributed by atoms with Gasteiger partial charge in [-0.1, -0.05) is 18.2 Å². The number of nitrogens with zero attached hydrogens (tertiary/aromatic N) is 1. The van der Waals surface area contributed by atoms with Gasteiger partial charge in [0, 0.05) is 23.6 Å². The summed E-state index contributed by atoms with van der Waals surface area (Å²) in [5, 5.41) is 36.9. The van der Waals surface area contributed by atoms with Crippen molar-refractivity contribution in [1.29, 1.82) is 0 Å². The number of carboxylic acids is 1. The number of amides is 3. The summed E-state index contributed by atoms with van der Waals surface area (Å²) in [5.41, 5.74) is 18.5. The van der Waals surface area contributed by atoms with E-state index in [-0.39, 0.29) is 31.8 Å². The van der Waals surface area contributed by atoms with Gasteiger partial charge in [-0.15, -0.1) is 0 Å². The van der Waals surface area contributed by atoms with Crippen LogP contribution in [0.4, 0.5) is 0 Å². The fraction of sp³-hybridized carbons (Fsp3) is 0.480. The molecule has 1 aromatic carbocycles. The summed E-state index contributed by atoms with van der Waals surface area (Å²) in [6.45, 7) is 2.53. The van der Waals surface area contributed by atoms with E-state index in [4.69, 9.17) is 17.2 Å².